The van der Waals surface area contributed by atoms with Gasteiger partial charge in [0.15, 0.2) is 0 Å². The minimum Gasteiger partial charge on any atom is -0.310 e. The molecule has 0 aliphatic rings. The molecule has 0 amide bonds. The monoisotopic (exact) mass is 350 g/mol. The highest BCUT2D eigenvalue weighted by molar-refractivity contribution is 9.11. The Morgan fingerprint density at radius 1 is 1.40 bits per heavy atom. The van der Waals surface area contributed by atoms with E-state index in [1.165, 1.54) is 14.2 Å². The minimum absolute atomic E-state index is 0.257. The van der Waals surface area contributed by atoms with Crippen molar-refractivity contribution < 1.29 is 0 Å². The Morgan fingerprint density at radius 3 is 3.05 bits per heavy atom. The largest absolute Gasteiger partial charge is 0.310 e. The summed E-state index contributed by atoms with van der Waals surface area (Å²) < 4.78 is 3.04. The maximum Gasteiger partial charge on any atom is 0.0892 e. The molecule has 1 unspecified atom stereocenters. The fourth-order valence-corrected chi connectivity index (χ4v) is 3.85. The van der Waals surface area contributed by atoms with Crippen molar-refractivity contribution in [2.75, 3.05) is 6.54 Å². The molecule has 0 aliphatic carbocycles. The zero-order valence-electron chi connectivity index (χ0n) is 11.1. The van der Waals surface area contributed by atoms with Crippen molar-refractivity contribution in [1.82, 2.24) is 19.9 Å². The lowest BCUT2D eigenvalue weighted by Gasteiger charge is -2.16. The van der Waals surface area contributed by atoms with Crippen LogP contribution in [-0.2, 0) is 6.42 Å². The fraction of sp³-hybridized carbons (Fsp3) is 0.286. The van der Waals surface area contributed by atoms with Crippen molar-refractivity contribution >= 4 is 32.8 Å². The molecule has 3 aromatic heterocycles. The van der Waals surface area contributed by atoms with Crippen LogP contribution >= 0.6 is 27.3 Å². The molecule has 20 heavy (non-hydrogen) atoms. The lowest BCUT2D eigenvalue weighted by atomic mass is 10.0. The molecule has 0 saturated heterocycles. The summed E-state index contributed by atoms with van der Waals surface area (Å²) in [5, 5.41) is 7.94. The number of thiophene rings is 1. The molecule has 0 saturated carbocycles. The molecule has 3 rings (SSSR count). The summed E-state index contributed by atoms with van der Waals surface area (Å²) in [5.74, 6) is 0. The summed E-state index contributed by atoms with van der Waals surface area (Å²) in [5.41, 5.74) is 2.26. The van der Waals surface area contributed by atoms with E-state index in [-0.39, 0.29) is 6.04 Å². The van der Waals surface area contributed by atoms with Crippen LogP contribution in [-0.4, -0.2) is 21.1 Å². The highest BCUT2D eigenvalue weighted by Gasteiger charge is 2.17. The van der Waals surface area contributed by atoms with E-state index >= 15 is 0 Å². The predicted octanol–water partition coefficient (Wildman–Crippen LogP) is 3.45. The summed E-state index contributed by atoms with van der Waals surface area (Å²) in [4.78, 5) is 5.56. The van der Waals surface area contributed by atoms with Crippen LogP contribution in [0.15, 0.2) is 40.7 Å². The van der Waals surface area contributed by atoms with E-state index in [1.807, 2.05) is 23.1 Å². The van der Waals surface area contributed by atoms with Gasteiger partial charge >= 0.3 is 0 Å². The zero-order chi connectivity index (χ0) is 13.9. The van der Waals surface area contributed by atoms with Crippen molar-refractivity contribution in [3.05, 3.63) is 51.1 Å². The van der Waals surface area contributed by atoms with Gasteiger partial charge in [0, 0.05) is 35.3 Å². The topological polar surface area (TPSA) is 42.2 Å². The average Bonchev–Trinajstić information content (AvgIpc) is 3.04. The van der Waals surface area contributed by atoms with E-state index in [1.54, 1.807) is 17.5 Å². The lowest BCUT2D eigenvalue weighted by molar-refractivity contribution is 0.556. The highest BCUT2D eigenvalue weighted by Crippen LogP contribution is 2.28. The Labute approximate surface area is 130 Å². The second-order valence-electron chi connectivity index (χ2n) is 4.53. The molecule has 3 heterocycles. The molecule has 6 heteroatoms. The minimum atomic E-state index is 0.257. The van der Waals surface area contributed by atoms with E-state index < -0.39 is 0 Å². The molecular formula is C14H15BrN4S. The molecule has 0 spiro atoms. The molecule has 3 aromatic rings. The quantitative estimate of drug-likeness (QED) is 0.766. The van der Waals surface area contributed by atoms with Crippen LogP contribution in [0.3, 0.4) is 0 Å². The molecular weight excluding hydrogens is 336 g/mol. The SMILES string of the molecule is CCNC(Cc1ccc(Br)s1)c1cnn2ccncc12. The first-order valence-electron chi connectivity index (χ1n) is 6.52. The molecule has 0 fully saturated rings. The number of aromatic nitrogens is 3. The van der Waals surface area contributed by atoms with E-state index in [2.05, 4.69) is 50.4 Å². The van der Waals surface area contributed by atoms with Crippen LogP contribution in [0.1, 0.15) is 23.4 Å². The number of rotatable bonds is 5. The first-order valence-corrected chi connectivity index (χ1v) is 8.13. The Bertz CT molecular complexity index is 706. The lowest BCUT2D eigenvalue weighted by Crippen LogP contribution is -2.22. The van der Waals surface area contributed by atoms with Crippen molar-refractivity contribution in [1.29, 1.82) is 0 Å². The number of fused-ring (bicyclic) bond motifs is 1. The third kappa shape index (κ3) is 2.77. The summed E-state index contributed by atoms with van der Waals surface area (Å²) in [6.07, 6.45) is 8.40. The molecule has 0 radical (unpaired) electrons. The summed E-state index contributed by atoms with van der Waals surface area (Å²) >= 11 is 5.30. The van der Waals surface area contributed by atoms with Gasteiger partial charge in [-0.2, -0.15) is 5.10 Å². The van der Waals surface area contributed by atoms with E-state index in [0.29, 0.717) is 0 Å². The van der Waals surface area contributed by atoms with Crippen LogP contribution in [0, 0.1) is 0 Å². The molecule has 0 bridgehead atoms. The smallest absolute Gasteiger partial charge is 0.0892 e. The third-order valence-electron chi connectivity index (χ3n) is 3.21. The Balaban J connectivity index is 1.93. The van der Waals surface area contributed by atoms with Crippen molar-refractivity contribution in [2.24, 2.45) is 0 Å². The van der Waals surface area contributed by atoms with Gasteiger partial charge in [-0.3, -0.25) is 4.98 Å². The summed E-state index contributed by atoms with van der Waals surface area (Å²) in [6.45, 7) is 3.05. The molecule has 104 valence electrons. The summed E-state index contributed by atoms with van der Waals surface area (Å²) in [7, 11) is 0. The van der Waals surface area contributed by atoms with Gasteiger partial charge in [-0.05, 0) is 34.6 Å². The Morgan fingerprint density at radius 2 is 2.30 bits per heavy atom. The van der Waals surface area contributed by atoms with Crippen LogP contribution in [0.25, 0.3) is 5.52 Å². The average molecular weight is 351 g/mol. The number of nitrogens with zero attached hydrogens (tertiary/aromatic N) is 3. The van der Waals surface area contributed by atoms with Gasteiger partial charge in [-0.1, -0.05) is 6.92 Å². The number of likely N-dealkylation sites (N-methyl/N-ethyl adjacent to an activating group) is 1. The predicted molar refractivity (Wildman–Crippen MR) is 85.1 cm³/mol. The van der Waals surface area contributed by atoms with Gasteiger partial charge < -0.3 is 5.32 Å². The van der Waals surface area contributed by atoms with Crippen molar-refractivity contribution in [3.63, 3.8) is 0 Å². The van der Waals surface area contributed by atoms with Gasteiger partial charge in [-0.15, -0.1) is 11.3 Å². The maximum atomic E-state index is 4.40. The van der Waals surface area contributed by atoms with Crippen LogP contribution in [0.5, 0.6) is 0 Å². The first kappa shape index (κ1) is 13.7. The molecule has 4 nitrogen and oxygen atoms in total. The number of hydrogen-bond acceptors (Lipinski definition) is 4. The van der Waals surface area contributed by atoms with Crippen LogP contribution in [0.2, 0.25) is 0 Å². The van der Waals surface area contributed by atoms with E-state index in [9.17, 15) is 0 Å². The number of halogens is 1. The normalized spacial score (nSPS) is 12.9. The fourth-order valence-electron chi connectivity index (χ4n) is 2.32. The highest BCUT2D eigenvalue weighted by atomic mass is 79.9. The Hall–Kier alpha value is -1.24. The van der Waals surface area contributed by atoms with E-state index in [0.717, 1.165) is 18.5 Å². The molecule has 1 atom stereocenters. The zero-order valence-corrected chi connectivity index (χ0v) is 13.5. The second-order valence-corrected chi connectivity index (χ2v) is 7.07. The third-order valence-corrected chi connectivity index (χ3v) is 4.86. The van der Waals surface area contributed by atoms with Crippen molar-refractivity contribution in [3.8, 4) is 0 Å². The van der Waals surface area contributed by atoms with Gasteiger partial charge in [0.2, 0.25) is 0 Å². The maximum absolute atomic E-state index is 4.40. The van der Waals surface area contributed by atoms with Crippen molar-refractivity contribution in [2.45, 2.75) is 19.4 Å². The first-order chi connectivity index (χ1) is 9.78. The van der Waals surface area contributed by atoms with Crippen LogP contribution in [0.4, 0.5) is 0 Å². The number of hydrogen-bond donors (Lipinski definition) is 1. The van der Waals surface area contributed by atoms with Crippen LogP contribution < -0.4 is 5.32 Å². The standard InChI is InChI=1S/C14H15BrN4S/c1-2-17-12(7-10-3-4-14(15)20-10)11-8-18-19-6-5-16-9-13(11)19/h3-6,8-9,12,17H,2,7H2,1H3. The van der Waals surface area contributed by atoms with Gasteiger partial charge in [0.05, 0.1) is 21.7 Å². The second kappa shape index (κ2) is 6.03. The van der Waals surface area contributed by atoms with Gasteiger partial charge in [0.1, 0.15) is 0 Å². The van der Waals surface area contributed by atoms with Gasteiger partial charge in [-0.25, -0.2) is 4.52 Å². The number of nitrogens with one attached hydrogen (secondary N) is 1. The molecule has 0 aliphatic heterocycles. The Kier molecular flexibility index (Phi) is 4.14. The molecule has 0 aromatic carbocycles. The molecule has 1 N–H and O–H groups in total. The summed E-state index contributed by atoms with van der Waals surface area (Å²) in [6, 6.07) is 4.52. The van der Waals surface area contributed by atoms with E-state index in [4.69, 9.17) is 0 Å². The van der Waals surface area contributed by atoms with Gasteiger partial charge in [0.25, 0.3) is 0 Å².